The van der Waals surface area contributed by atoms with Gasteiger partial charge in [0, 0.05) is 28.8 Å². The highest BCUT2D eigenvalue weighted by Gasteiger charge is 2.28. The second kappa shape index (κ2) is 5.17. The number of nitrogens with one attached hydrogen (secondary N) is 1. The number of aromatic nitrogens is 6. The Morgan fingerprint density at radius 3 is 2.80 bits per heavy atom. The maximum Gasteiger partial charge on any atom is 0.155 e. The van der Waals surface area contributed by atoms with Crippen molar-refractivity contribution in [3.8, 4) is 22.5 Å². The molecular weight excluding hydrogens is 326 g/mol. The molecule has 1 N–H and O–H groups in total. The number of fused-ring (bicyclic) bond motifs is 2. The van der Waals surface area contributed by atoms with Crippen LogP contribution in [-0.4, -0.2) is 29.9 Å². The molecule has 1 aliphatic heterocycles. The molecule has 0 bridgehead atoms. The largest absolute Gasteiger partial charge is 0.268 e. The fourth-order valence-corrected chi connectivity index (χ4v) is 3.42. The van der Waals surface area contributed by atoms with Gasteiger partial charge in [0.1, 0.15) is 17.3 Å². The summed E-state index contributed by atoms with van der Waals surface area (Å²) in [4.78, 5) is 8.17. The topological polar surface area (TPSA) is 72.3 Å². The average molecular weight is 338 g/mol. The minimum Gasteiger partial charge on any atom is -0.268 e. The van der Waals surface area contributed by atoms with E-state index in [2.05, 4.69) is 25.3 Å². The minimum atomic E-state index is -0.444. The zero-order valence-electron chi connectivity index (χ0n) is 13.0. The quantitative estimate of drug-likeness (QED) is 0.609. The average Bonchev–Trinajstić information content (AvgIpc) is 3.31. The zero-order chi connectivity index (χ0) is 17.0. The van der Waals surface area contributed by atoms with Gasteiger partial charge in [0.05, 0.1) is 24.3 Å². The third kappa shape index (κ3) is 2.07. The van der Waals surface area contributed by atoms with Crippen molar-refractivity contribution in [2.24, 2.45) is 0 Å². The lowest BCUT2D eigenvalue weighted by Gasteiger charge is -2.07. The Balaban J connectivity index is 1.85. The van der Waals surface area contributed by atoms with E-state index in [9.17, 15) is 8.78 Å². The van der Waals surface area contributed by atoms with E-state index in [-0.39, 0.29) is 0 Å². The molecule has 0 saturated heterocycles. The van der Waals surface area contributed by atoms with Crippen LogP contribution in [0.1, 0.15) is 12.1 Å². The third-order valence-electron chi connectivity index (χ3n) is 4.50. The first-order valence-electron chi connectivity index (χ1n) is 7.92. The number of pyridine rings is 2. The lowest BCUT2D eigenvalue weighted by Crippen LogP contribution is -1.94. The fraction of sp³-hybridized carbons (Fsp3) is 0.176. The standard InChI is InChI=1S/C17H12F2N6/c18-9-3-4-12(20-6-9)16-15(13-2-1-5-25(13)24-16)14-10-7-22-23-17(10)21-8-11(14)19/h3-4,6-8H,1-2,5H2,(H,21,22,23). The number of aryl methyl sites for hydroxylation is 1. The highest BCUT2D eigenvalue weighted by Crippen LogP contribution is 2.40. The van der Waals surface area contributed by atoms with Crippen molar-refractivity contribution in [3.63, 3.8) is 0 Å². The van der Waals surface area contributed by atoms with Crippen LogP contribution in [0.4, 0.5) is 8.78 Å². The van der Waals surface area contributed by atoms with Gasteiger partial charge in [0.25, 0.3) is 0 Å². The first-order valence-corrected chi connectivity index (χ1v) is 7.92. The van der Waals surface area contributed by atoms with E-state index < -0.39 is 11.6 Å². The molecule has 0 aliphatic carbocycles. The molecule has 0 atom stereocenters. The van der Waals surface area contributed by atoms with Gasteiger partial charge in [-0.25, -0.2) is 13.8 Å². The van der Waals surface area contributed by atoms with E-state index in [1.54, 1.807) is 12.3 Å². The molecule has 124 valence electrons. The number of H-pyrrole nitrogens is 1. The van der Waals surface area contributed by atoms with Crippen LogP contribution in [0, 0.1) is 11.6 Å². The van der Waals surface area contributed by atoms with Gasteiger partial charge in [0.2, 0.25) is 0 Å². The van der Waals surface area contributed by atoms with Crippen molar-refractivity contribution in [3.05, 3.63) is 48.1 Å². The van der Waals surface area contributed by atoms with Gasteiger partial charge >= 0.3 is 0 Å². The van der Waals surface area contributed by atoms with Crippen molar-refractivity contribution in [2.45, 2.75) is 19.4 Å². The summed E-state index contributed by atoms with van der Waals surface area (Å²) in [5.74, 6) is -0.871. The SMILES string of the molecule is Fc1ccc(-c2nn3c(c2-c2c(F)cnc4[nH]ncc24)CCC3)nc1. The van der Waals surface area contributed by atoms with Gasteiger partial charge in [-0.2, -0.15) is 10.2 Å². The number of nitrogens with zero attached hydrogens (tertiary/aromatic N) is 5. The first kappa shape index (κ1) is 14.2. The minimum absolute atomic E-state index is 0.406. The highest BCUT2D eigenvalue weighted by atomic mass is 19.1. The van der Waals surface area contributed by atoms with Crippen LogP contribution in [0.5, 0.6) is 0 Å². The van der Waals surface area contributed by atoms with Crippen LogP contribution in [0.3, 0.4) is 0 Å². The van der Waals surface area contributed by atoms with Crippen LogP contribution >= 0.6 is 0 Å². The van der Waals surface area contributed by atoms with Crippen LogP contribution in [0.25, 0.3) is 33.5 Å². The van der Waals surface area contributed by atoms with Crippen LogP contribution in [0.2, 0.25) is 0 Å². The predicted octanol–water partition coefficient (Wildman–Crippen LogP) is 3.11. The summed E-state index contributed by atoms with van der Waals surface area (Å²) in [6.07, 6.45) is 5.62. The predicted molar refractivity (Wildman–Crippen MR) is 86.6 cm³/mol. The second-order valence-corrected chi connectivity index (χ2v) is 5.97. The van der Waals surface area contributed by atoms with Crippen LogP contribution < -0.4 is 0 Å². The molecule has 0 saturated carbocycles. The van der Waals surface area contributed by atoms with Crippen molar-refractivity contribution in [2.75, 3.05) is 0 Å². The Labute approximate surface area is 140 Å². The molecule has 0 radical (unpaired) electrons. The monoisotopic (exact) mass is 338 g/mol. The van der Waals surface area contributed by atoms with E-state index in [4.69, 9.17) is 0 Å². The molecule has 0 amide bonds. The Bertz CT molecular complexity index is 1100. The first-order chi connectivity index (χ1) is 12.2. The van der Waals surface area contributed by atoms with Crippen LogP contribution in [-0.2, 0) is 13.0 Å². The Hall–Kier alpha value is -3.16. The molecule has 5 rings (SSSR count). The van der Waals surface area contributed by atoms with Gasteiger partial charge in [-0.15, -0.1) is 0 Å². The Morgan fingerprint density at radius 1 is 1.04 bits per heavy atom. The molecule has 0 spiro atoms. The molecule has 6 nitrogen and oxygen atoms in total. The summed E-state index contributed by atoms with van der Waals surface area (Å²) in [6, 6.07) is 2.88. The molecule has 5 heterocycles. The molecule has 0 fully saturated rings. The molecule has 25 heavy (non-hydrogen) atoms. The van der Waals surface area contributed by atoms with E-state index in [0.29, 0.717) is 33.5 Å². The van der Waals surface area contributed by atoms with E-state index in [1.165, 1.54) is 12.3 Å². The molecule has 1 aliphatic rings. The maximum absolute atomic E-state index is 14.8. The number of rotatable bonds is 2. The summed E-state index contributed by atoms with van der Waals surface area (Å²) >= 11 is 0. The Morgan fingerprint density at radius 2 is 1.96 bits per heavy atom. The summed E-state index contributed by atoms with van der Waals surface area (Å²) in [6.45, 7) is 0.769. The highest BCUT2D eigenvalue weighted by molar-refractivity contribution is 5.97. The van der Waals surface area contributed by atoms with Crippen molar-refractivity contribution in [1.82, 2.24) is 29.9 Å². The van der Waals surface area contributed by atoms with E-state index >= 15 is 0 Å². The molecule has 4 aromatic rings. The van der Waals surface area contributed by atoms with E-state index in [1.807, 2.05) is 4.68 Å². The molecule has 4 aromatic heterocycles. The fourth-order valence-electron chi connectivity index (χ4n) is 3.42. The lowest BCUT2D eigenvalue weighted by atomic mass is 9.98. The van der Waals surface area contributed by atoms with Crippen molar-refractivity contribution in [1.29, 1.82) is 0 Å². The maximum atomic E-state index is 14.8. The second-order valence-electron chi connectivity index (χ2n) is 5.97. The number of aromatic amines is 1. The summed E-state index contributed by atoms with van der Waals surface area (Å²) in [7, 11) is 0. The third-order valence-corrected chi connectivity index (χ3v) is 4.50. The van der Waals surface area contributed by atoms with Gasteiger partial charge in [-0.1, -0.05) is 0 Å². The summed E-state index contributed by atoms with van der Waals surface area (Å²) < 4.78 is 29.9. The van der Waals surface area contributed by atoms with E-state index in [0.717, 1.165) is 31.3 Å². The number of hydrogen-bond donors (Lipinski definition) is 1. The summed E-state index contributed by atoms with van der Waals surface area (Å²) in [5, 5.41) is 11.9. The van der Waals surface area contributed by atoms with Gasteiger partial charge in [-0.3, -0.25) is 14.8 Å². The molecule has 0 aromatic carbocycles. The van der Waals surface area contributed by atoms with Gasteiger partial charge in [0.15, 0.2) is 5.65 Å². The number of hydrogen-bond acceptors (Lipinski definition) is 4. The normalized spacial score (nSPS) is 13.5. The lowest BCUT2D eigenvalue weighted by molar-refractivity contribution is 0.621. The van der Waals surface area contributed by atoms with Crippen molar-refractivity contribution >= 4 is 11.0 Å². The van der Waals surface area contributed by atoms with Gasteiger partial charge < -0.3 is 0 Å². The molecular formula is C17H12F2N6. The Kier molecular flexibility index (Phi) is 2.94. The molecule has 8 heteroatoms. The number of halogens is 2. The summed E-state index contributed by atoms with van der Waals surface area (Å²) in [5.41, 5.74) is 3.60. The zero-order valence-corrected chi connectivity index (χ0v) is 13.0. The van der Waals surface area contributed by atoms with Gasteiger partial charge in [-0.05, 0) is 25.0 Å². The van der Waals surface area contributed by atoms with Crippen LogP contribution in [0.15, 0.2) is 30.7 Å². The smallest absolute Gasteiger partial charge is 0.155 e. The molecule has 0 unspecified atom stereocenters. The van der Waals surface area contributed by atoms with Crippen molar-refractivity contribution < 1.29 is 8.78 Å².